The van der Waals surface area contributed by atoms with Crippen LogP contribution in [0.2, 0.25) is 0 Å². The largest absolute Gasteiger partial charge is 0.489 e. The van der Waals surface area contributed by atoms with E-state index in [-0.39, 0.29) is 11.6 Å². The van der Waals surface area contributed by atoms with Crippen LogP contribution in [0.1, 0.15) is 16.7 Å². The maximum atomic E-state index is 13.4. The average molecular weight is 452 g/mol. The fraction of sp³-hybridized carbons (Fsp3) is 0.0435. The Balaban J connectivity index is 1.46. The predicted octanol–water partition coefficient (Wildman–Crippen LogP) is 5.51. The van der Waals surface area contributed by atoms with E-state index in [0.29, 0.717) is 17.9 Å². The number of aliphatic imine (C=N–C) groups is 1. The highest BCUT2D eigenvalue weighted by Gasteiger charge is 2.24. The lowest BCUT2D eigenvalue weighted by Crippen LogP contribution is -2.05. The van der Waals surface area contributed by atoms with Gasteiger partial charge in [-0.1, -0.05) is 46.3 Å². The van der Waals surface area contributed by atoms with E-state index in [1.165, 1.54) is 18.2 Å². The smallest absolute Gasteiger partial charge is 0.363 e. The number of carbonyl (C=O) groups is 1. The lowest BCUT2D eigenvalue weighted by molar-refractivity contribution is -0.129. The van der Waals surface area contributed by atoms with Crippen LogP contribution >= 0.6 is 15.9 Å². The van der Waals surface area contributed by atoms with E-state index in [1.807, 2.05) is 48.5 Å². The van der Waals surface area contributed by atoms with Crippen molar-refractivity contribution in [1.29, 1.82) is 0 Å². The van der Waals surface area contributed by atoms with Crippen molar-refractivity contribution in [2.75, 3.05) is 0 Å². The van der Waals surface area contributed by atoms with Gasteiger partial charge in [-0.15, -0.1) is 0 Å². The standard InChI is InChI=1S/C23H15BrFNO3/c24-18-5-1-3-16(11-18)14-28-20-9-7-15(8-10-20)12-21-23(27)29-22(26-21)17-4-2-6-19(25)13-17/h1-13H,14H2/b21-12-. The highest BCUT2D eigenvalue weighted by Crippen LogP contribution is 2.21. The summed E-state index contributed by atoms with van der Waals surface area (Å²) in [6.07, 6.45) is 1.62. The van der Waals surface area contributed by atoms with E-state index in [0.717, 1.165) is 15.6 Å². The van der Waals surface area contributed by atoms with Crippen molar-refractivity contribution >= 4 is 33.9 Å². The number of hydrogen-bond donors (Lipinski definition) is 0. The van der Waals surface area contributed by atoms with Crippen LogP contribution in [0.5, 0.6) is 5.75 Å². The van der Waals surface area contributed by atoms with Gasteiger partial charge in [0.2, 0.25) is 5.90 Å². The molecule has 0 saturated carbocycles. The number of carbonyl (C=O) groups excluding carboxylic acids is 1. The number of benzene rings is 3. The van der Waals surface area contributed by atoms with E-state index in [4.69, 9.17) is 9.47 Å². The van der Waals surface area contributed by atoms with Gasteiger partial charge in [0.1, 0.15) is 18.2 Å². The van der Waals surface area contributed by atoms with Crippen LogP contribution in [-0.4, -0.2) is 11.9 Å². The molecule has 0 unspecified atom stereocenters. The Morgan fingerprint density at radius 1 is 1.03 bits per heavy atom. The van der Waals surface area contributed by atoms with Gasteiger partial charge in [0.25, 0.3) is 0 Å². The highest BCUT2D eigenvalue weighted by molar-refractivity contribution is 9.10. The van der Waals surface area contributed by atoms with Crippen LogP contribution in [0.4, 0.5) is 4.39 Å². The molecule has 0 spiro atoms. The molecule has 1 aliphatic heterocycles. The van der Waals surface area contributed by atoms with Crippen molar-refractivity contribution in [2.45, 2.75) is 6.61 Å². The quantitative estimate of drug-likeness (QED) is 0.379. The summed E-state index contributed by atoms with van der Waals surface area (Å²) >= 11 is 3.44. The molecule has 0 N–H and O–H groups in total. The number of esters is 1. The monoisotopic (exact) mass is 451 g/mol. The maximum absolute atomic E-state index is 13.4. The molecule has 0 bridgehead atoms. The van der Waals surface area contributed by atoms with Crippen molar-refractivity contribution in [2.24, 2.45) is 4.99 Å². The number of cyclic esters (lactones) is 1. The summed E-state index contributed by atoms with van der Waals surface area (Å²) in [5.41, 5.74) is 2.40. The first-order valence-electron chi connectivity index (χ1n) is 8.83. The molecule has 0 aromatic heterocycles. The van der Waals surface area contributed by atoms with Gasteiger partial charge in [-0.05, 0) is 59.7 Å². The summed E-state index contributed by atoms with van der Waals surface area (Å²) in [4.78, 5) is 16.3. The van der Waals surface area contributed by atoms with Crippen LogP contribution < -0.4 is 4.74 Å². The molecule has 4 nitrogen and oxygen atoms in total. The number of rotatable bonds is 5. The van der Waals surface area contributed by atoms with Gasteiger partial charge in [-0.2, -0.15) is 0 Å². The lowest BCUT2D eigenvalue weighted by atomic mass is 10.2. The molecule has 0 atom stereocenters. The van der Waals surface area contributed by atoms with Crippen molar-refractivity contribution in [3.05, 3.63) is 105 Å². The molecule has 1 aliphatic rings. The van der Waals surface area contributed by atoms with E-state index in [9.17, 15) is 9.18 Å². The van der Waals surface area contributed by atoms with Crippen molar-refractivity contribution in [3.8, 4) is 5.75 Å². The number of hydrogen-bond acceptors (Lipinski definition) is 4. The zero-order valence-corrected chi connectivity index (χ0v) is 16.7. The number of halogens is 2. The molecule has 3 aromatic carbocycles. The minimum absolute atomic E-state index is 0.0923. The summed E-state index contributed by atoms with van der Waals surface area (Å²) < 4.78 is 25.3. The van der Waals surface area contributed by atoms with Gasteiger partial charge in [0, 0.05) is 10.0 Å². The van der Waals surface area contributed by atoms with Crippen LogP contribution in [-0.2, 0) is 16.1 Å². The Hall–Kier alpha value is -3.25. The van der Waals surface area contributed by atoms with Gasteiger partial charge in [0.05, 0.1) is 0 Å². The fourth-order valence-electron chi connectivity index (χ4n) is 2.77. The minimum Gasteiger partial charge on any atom is -0.489 e. The first-order valence-corrected chi connectivity index (χ1v) is 9.62. The summed E-state index contributed by atoms with van der Waals surface area (Å²) in [6, 6.07) is 21.0. The molecule has 6 heteroatoms. The third kappa shape index (κ3) is 4.78. The molecule has 1 heterocycles. The molecule has 144 valence electrons. The summed E-state index contributed by atoms with van der Waals surface area (Å²) in [7, 11) is 0. The second-order valence-electron chi connectivity index (χ2n) is 6.33. The van der Waals surface area contributed by atoms with Gasteiger partial charge >= 0.3 is 5.97 Å². The summed E-state index contributed by atoms with van der Waals surface area (Å²) in [6.45, 7) is 0.452. The minimum atomic E-state index is -0.570. The molecule has 0 aliphatic carbocycles. The SMILES string of the molecule is O=C1OC(c2cccc(F)c2)=N/C1=C\c1ccc(OCc2cccc(Br)c2)cc1. The Morgan fingerprint density at radius 2 is 1.83 bits per heavy atom. The van der Waals surface area contributed by atoms with Crippen molar-refractivity contribution < 1.29 is 18.7 Å². The van der Waals surface area contributed by atoms with Crippen LogP contribution in [0.15, 0.2) is 88.0 Å². The first kappa shape index (κ1) is 19.1. The first-order chi connectivity index (χ1) is 14.1. The Kier molecular flexibility index (Phi) is 5.53. The Labute approximate surface area is 175 Å². The van der Waals surface area contributed by atoms with E-state index in [2.05, 4.69) is 20.9 Å². The van der Waals surface area contributed by atoms with Crippen LogP contribution in [0.25, 0.3) is 6.08 Å². The van der Waals surface area contributed by atoms with Gasteiger partial charge < -0.3 is 9.47 Å². The Morgan fingerprint density at radius 3 is 2.59 bits per heavy atom. The molecule has 29 heavy (non-hydrogen) atoms. The van der Waals surface area contributed by atoms with Gasteiger partial charge in [-0.3, -0.25) is 0 Å². The summed E-state index contributed by atoms with van der Waals surface area (Å²) in [5, 5.41) is 0. The zero-order valence-electron chi connectivity index (χ0n) is 15.1. The molecular weight excluding hydrogens is 437 g/mol. The summed E-state index contributed by atoms with van der Waals surface area (Å²) in [5.74, 6) is -0.184. The molecule has 0 amide bonds. The molecular formula is C23H15BrFNO3. The molecule has 0 radical (unpaired) electrons. The second-order valence-corrected chi connectivity index (χ2v) is 7.25. The van der Waals surface area contributed by atoms with Gasteiger partial charge in [-0.25, -0.2) is 14.2 Å². The number of nitrogens with zero attached hydrogens (tertiary/aromatic N) is 1. The molecule has 0 saturated heterocycles. The van der Waals surface area contributed by atoms with Crippen molar-refractivity contribution in [3.63, 3.8) is 0 Å². The van der Waals surface area contributed by atoms with Crippen molar-refractivity contribution in [1.82, 2.24) is 0 Å². The Bertz CT molecular complexity index is 1120. The van der Waals surface area contributed by atoms with Crippen LogP contribution in [0.3, 0.4) is 0 Å². The molecule has 4 rings (SSSR count). The van der Waals surface area contributed by atoms with E-state index in [1.54, 1.807) is 12.1 Å². The third-order valence-corrected chi connectivity index (χ3v) is 4.66. The van der Waals surface area contributed by atoms with E-state index < -0.39 is 11.8 Å². The van der Waals surface area contributed by atoms with Crippen LogP contribution in [0, 0.1) is 5.82 Å². The molecule has 0 fully saturated rings. The predicted molar refractivity (Wildman–Crippen MR) is 112 cm³/mol. The van der Waals surface area contributed by atoms with E-state index >= 15 is 0 Å². The third-order valence-electron chi connectivity index (χ3n) is 4.17. The van der Waals surface area contributed by atoms with Gasteiger partial charge in [0.15, 0.2) is 5.70 Å². The normalized spacial score (nSPS) is 14.6. The molecule has 3 aromatic rings. The fourth-order valence-corrected chi connectivity index (χ4v) is 3.21. The average Bonchev–Trinajstić information content (AvgIpc) is 3.08. The topological polar surface area (TPSA) is 47.9 Å². The second kappa shape index (κ2) is 8.41. The zero-order chi connectivity index (χ0) is 20.2. The highest BCUT2D eigenvalue weighted by atomic mass is 79.9. The number of ether oxygens (including phenoxy) is 2. The lowest BCUT2D eigenvalue weighted by Gasteiger charge is -2.07. The maximum Gasteiger partial charge on any atom is 0.363 e.